The van der Waals surface area contributed by atoms with Gasteiger partial charge < -0.3 is 5.11 Å². The van der Waals surface area contributed by atoms with Gasteiger partial charge >= 0.3 is 0 Å². The summed E-state index contributed by atoms with van der Waals surface area (Å²) in [6, 6.07) is 30.0. The molecular weight excluding hydrogens is 456 g/mol. The quantitative estimate of drug-likeness (QED) is 0.127. The van der Waals surface area contributed by atoms with E-state index in [1.807, 2.05) is 36.4 Å². The fraction of sp³-hybridized carbons (Fsp3) is 0.0345. The molecule has 0 unspecified atom stereocenters. The fourth-order valence-electron chi connectivity index (χ4n) is 4.41. The third-order valence-electron chi connectivity index (χ3n) is 6.14. The van der Waals surface area contributed by atoms with E-state index in [9.17, 15) is 24.8 Å². The molecule has 36 heavy (non-hydrogen) atoms. The number of aliphatic hydroxyl groups excluding tert-OH is 1. The lowest BCUT2D eigenvalue weighted by atomic mass is 9.94. The zero-order valence-electron chi connectivity index (χ0n) is 18.9. The Hall–Kier alpha value is -5.04. The molecule has 1 saturated heterocycles. The Kier molecular flexibility index (Phi) is 5.88. The van der Waals surface area contributed by atoms with Gasteiger partial charge in [-0.2, -0.15) is 0 Å². The third kappa shape index (κ3) is 4.03. The molecule has 5 rings (SSSR count). The van der Waals surface area contributed by atoms with E-state index >= 15 is 0 Å². The van der Waals surface area contributed by atoms with Gasteiger partial charge in [0.05, 0.1) is 16.5 Å². The van der Waals surface area contributed by atoms with Crippen LogP contribution in [0.4, 0.5) is 11.4 Å². The molecule has 7 nitrogen and oxygen atoms in total. The Morgan fingerprint density at radius 1 is 0.778 bits per heavy atom. The number of rotatable bonds is 5. The van der Waals surface area contributed by atoms with Gasteiger partial charge in [-0.3, -0.25) is 24.6 Å². The van der Waals surface area contributed by atoms with Gasteiger partial charge in [-0.1, -0.05) is 72.8 Å². The van der Waals surface area contributed by atoms with Crippen molar-refractivity contribution in [3.8, 4) is 11.1 Å². The number of carbonyl (C=O) groups is 2. The first kappa shape index (κ1) is 22.7. The van der Waals surface area contributed by atoms with E-state index in [2.05, 4.69) is 0 Å². The Morgan fingerprint density at radius 2 is 1.39 bits per heavy atom. The molecule has 1 N–H and O–H groups in total. The van der Waals surface area contributed by atoms with Crippen molar-refractivity contribution in [1.29, 1.82) is 0 Å². The summed E-state index contributed by atoms with van der Waals surface area (Å²) >= 11 is 0. The molecule has 1 fully saturated rings. The summed E-state index contributed by atoms with van der Waals surface area (Å²) in [6.07, 6.45) is 0. The lowest BCUT2D eigenvalue weighted by Gasteiger charge is -2.26. The highest BCUT2D eigenvalue weighted by atomic mass is 16.6. The molecule has 0 aromatic heterocycles. The summed E-state index contributed by atoms with van der Waals surface area (Å²) < 4.78 is 0. The van der Waals surface area contributed by atoms with E-state index in [1.165, 1.54) is 29.2 Å². The van der Waals surface area contributed by atoms with E-state index in [0.29, 0.717) is 16.8 Å². The number of aliphatic hydroxyl groups is 1. The number of ketones is 1. The molecule has 1 aliphatic rings. The van der Waals surface area contributed by atoms with Crippen LogP contribution in [-0.4, -0.2) is 21.7 Å². The van der Waals surface area contributed by atoms with Crippen molar-refractivity contribution >= 4 is 28.8 Å². The first-order valence-corrected chi connectivity index (χ1v) is 11.2. The Balaban J connectivity index is 1.69. The first-order chi connectivity index (χ1) is 17.5. The average Bonchev–Trinajstić information content (AvgIpc) is 3.19. The Labute approximate surface area is 206 Å². The molecule has 1 aliphatic heterocycles. The van der Waals surface area contributed by atoms with Crippen LogP contribution in [0.15, 0.2) is 115 Å². The number of nitro benzene ring substituents is 1. The van der Waals surface area contributed by atoms with Crippen molar-refractivity contribution in [2.75, 3.05) is 4.90 Å². The maximum absolute atomic E-state index is 13.4. The summed E-state index contributed by atoms with van der Waals surface area (Å²) in [4.78, 5) is 38.7. The number of amides is 1. The highest BCUT2D eigenvalue weighted by Gasteiger charge is 2.47. The van der Waals surface area contributed by atoms with Gasteiger partial charge in [0.15, 0.2) is 0 Å². The summed E-state index contributed by atoms with van der Waals surface area (Å²) in [5.74, 6) is -1.93. The minimum atomic E-state index is -0.975. The van der Waals surface area contributed by atoms with Gasteiger partial charge in [0, 0.05) is 23.4 Å². The van der Waals surface area contributed by atoms with Crippen LogP contribution in [0.25, 0.3) is 16.9 Å². The predicted molar refractivity (Wildman–Crippen MR) is 136 cm³/mol. The monoisotopic (exact) mass is 476 g/mol. The first-order valence-electron chi connectivity index (χ1n) is 11.2. The topological polar surface area (TPSA) is 101 Å². The molecule has 1 amide bonds. The molecule has 176 valence electrons. The third-order valence-corrected chi connectivity index (χ3v) is 6.14. The number of nitro groups is 1. The SMILES string of the molecule is O=C1C(=O)N(c2cccc(-c3ccccc3)c2)[C@H](c2ccc([N+](=O)[O-])cc2)/C1=C(/O)c1ccccc1. The van der Waals surface area contributed by atoms with Gasteiger partial charge in [0.25, 0.3) is 17.4 Å². The van der Waals surface area contributed by atoms with Crippen molar-refractivity contribution < 1.29 is 19.6 Å². The van der Waals surface area contributed by atoms with E-state index in [0.717, 1.165) is 11.1 Å². The molecule has 0 aliphatic carbocycles. The number of nitrogens with zero attached hydrogens (tertiary/aromatic N) is 2. The number of carbonyl (C=O) groups excluding carboxylic acids is 2. The highest BCUT2D eigenvalue weighted by molar-refractivity contribution is 6.51. The number of non-ortho nitro benzene ring substituents is 1. The molecule has 7 heteroatoms. The lowest BCUT2D eigenvalue weighted by molar-refractivity contribution is -0.384. The maximum atomic E-state index is 13.4. The number of anilines is 1. The largest absolute Gasteiger partial charge is 0.507 e. The fourth-order valence-corrected chi connectivity index (χ4v) is 4.41. The molecule has 0 spiro atoms. The molecule has 0 bridgehead atoms. The average molecular weight is 476 g/mol. The maximum Gasteiger partial charge on any atom is 0.300 e. The van der Waals surface area contributed by atoms with Crippen molar-refractivity contribution in [3.63, 3.8) is 0 Å². The highest BCUT2D eigenvalue weighted by Crippen LogP contribution is 2.43. The van der Waals surface area contributed by atoms with Gasteiger partial charge in [-0.15, -0.1) is 0 Å². The second-order valence-electron chi connectivity index (χ2n) is 8.30. The minimum Gasteiger partial charge on any atom is -0.507 e. The molecule has 0 radical (unpaired) electrons. The van der Waals surface area contributed by atoms with Crippen LogP contribution >= 0.6 is 0 Å². The van der Waals surface area contributed by atoms with Crippen LogP contribution in [0.5, 0.6) is 0 Å². The molecule has 4 aromatic rings. The zero-order valence-corrected chi connectivity index (χ0v) is 18.9. The van der Waals surface area contributed by atoms with Crippen LogP contribution in [0.1, 0.15) is 17.2 Å². The molecule has 4 aromatic carbocycles. The summed E-state index contributed by atoms with van der Waals surface area (Å²) in [5, 5.41) is 22.3. The Morgan fingerprint density at radius 3 is 2.03 bits per heavy atom. The minimum absolute atomic E-state index is 0.0785. The van der Waals surface area contributed by atoms with Gasteiger partial charge in [-0.05, 0) is 41.0 Å². The van der Waals surface area contributed by atoms with Crippen LogP contribution < -0.4 is 4.90 Å². The predicted octanol–water partition coefficient (Wildman–Crippen LogP) is 5.89. The summed E-state index contributed by atoms with van der Waals surface area (Å²) in [5.41, 5.74) is 2.90. The van der Waals surface area contributed by atoms with Gasteiger partial charge in [0.1, 0.15) is 5.76 Å². The number of hydrogen-bond donors (Lipinski definition) is 1. The van der Waals surface area contributed by atoms with Crippen LogP contribution in [0.2, 0.25) is 0 Å². The van der Waals surface area contributed by atoms with Crippen molar-refractivity contribution in [3.05, 3.63) is 136 Å². The second kappa shape index (κ2) is 9.31. The van der Waals surface area contributed by atoms with Crippen LogP contribution in [0, 0.1) is 10.1 Å². The van der Waals surface area contributed by atoms with E-state index in [1.54, 1.807) is 48.5 Å². The number of benzene rings is 4. The zero-order chi connectivity index (χ0) is 25.2. The molecule has 0 saturated carbocycles. The standard InChI is InChI=1S/C29H20N2O5/c32-27(21-10-5-2-6-11-21)25-26(20-14-16-23(17-15-20)31(35)36)30(29(34)28(25)33)24-13-7-12-22(18-24)19-8-3-1-4-9-19/h1-18,26,32H/b27-25-/t26-/m1/s1. The van der Waals surface area contributed by atoms with Gasteiger partial charge in [0.2, 0.25) is 0 Å². The van der Waals surface area contributed by atoms with Crippen molar-refractivity contribution in [1.82, 2.24) is 0 Å². The summed E-state index contributed by atoms with van der Waals surface area (Å²) in [6.45, 7) is 0. The Bertz CT molecular complexity index is 1500. The van der Waals surface area contributed by atoms with Crippen LogP contribution in [0.3, 0.4) is 0 Å². The number of hydrogen-bond acceptors (Lipinski definition) is 5. The van der Waals surface area contributed by atoms with Crippen LogP contribution in [-0.2, 0) is 9.59 Å². The second-order valence-corrected chi connectivity index (χ2v) is 8.30. The van der Waals surface area contributed by atoms with E-state index in [4.69, 9.17) is 0 Å². The van der Waals surface area contributed by atoms with Crippen molar-refractivity contribution in [2.24, 2.45) is 0 Å². The molecule has 1 atom stereocenters. The van der Waals surface area contributed by atoms with Crippen molar-refractivity contribution in [2.45, 2.75) is 6.04 Å². The lowest BCUT2D eigenvalue weighted by Crippen LogP contribution is -2.29. The van der Waals surface area contributed by atoms with E-state index < -0.39 is 22.7 Å². The van der Waals surface area contributed by atoms with Gasteiger partial charge in [-0.25, -0.2) is 0 Å². The normalized spacial score (nSPS) is 16.8. The number of Topliss-reactive ketones (excluding diaryl/α,β-unsaturated/α-hetero) is 1. The van der Waals surface area contributed by atoms with E-state index in [-0.39, 0.29) is 17.0 Å². The molecule has 1 heterocycles. The molecular formula is C29H20N2O5. The smallest absolute Gasteiger partial charge is 0.300 e. The summed E-state index contributed by atoms with van der Waals surface area (Å²) in [7, 11) is 0.